The number of nitrogens with zero attached hydrogens (tertiary/aromatic N) is 2. The predicted molar refractivity (Wildman–Crippen MR) is 114 cm³/mol. The molecule has 4 aromatic rings. The van der Waals surface area contributed by atoms with Crippen molar-refractivity contribution in [1.82, 2.24) is 9.55 Å². The first kappa shape index (κ1) is 18.4. The number of halogens is 1. The Kier molecular flexibility index (Phi) is 4.98. The molecule has 140 valence electrons. The smallest absolute Gasteiger partial charge is 0.262 e. The summed E-state index contributed by atoms with van der Waals surface area (Å²) in [6, 6.07) is 17.9. The fourth-order valence-electron chi connectivity index (χ4n) is 2.88. The first-order valence-electron chi connectivity index (χ1n) is 8.66. The van der Waals surface area contributed by atoms with Gasteiger partial charge in [0.25, 0.3) is 5.56 Å². The minimum Gasteiger partial charge on any atom is -0.323 e. The Morgan fingerprint density at radius 3 is 2.61 bits per heavy atom. The molecule has 0 fully saturated rings. The van der Waals surface area contributed by atoms with Gasteiger partial charge in [-0.15, -0.1) is 11.3 Å². The molecule has 0 unspecified atom stereocenters. The van der Waals surface area contributed by atoms with E-state index in [0.717, 1.165) is 10.4 Å². The largest absolute Gasteiger partial charge is 0.323 e. The van der Waals surface area contributed by atoms with Crippen LogP contribution >= 0.6 is 22.9 Å². The summed E-state index contributed by atoms with van der Waals surface area (Å²) in [6.45, 7) is 1.66. The third-order valence-corrected chi connectivity index (χ3v) is 5.89. The van der Waals surface area contributed by atoms with Gasteiger partial charge in [-0.25, -0.2) is 4.98 Å². The monoisotopic (exact) mass is 409 g/mol. The van der Waals surface area contributed by atoms with Crippen LogP contribution in [0.15, 0.2) is 71.8 Å². The van der Waals surface area contributed by atoms with E-state index in [2.05, 4.69) is 10.3 Å². The third kappa shape index (κ3) is 3.44. The fraction of sp³-hybridized carbons (Fsp3) is 0.0952. The molecule has 0 saturated carbocycles. The Labute approximate surface area is 170 Å². The van der Waals surface area contributed by atoms with Gasteiger partial charge in [-0.3, -0.25) is 14.2 Å². The van der Waals surface area contributed by atoms with Crippen LogP contribution in [-0.2, 0) is 4.79 Å². The zero-order chi connectivity index (χ0) is 19.7. The van der Waals surface area contributed by atoms with Crippen LogP contribution in [0.1, 0.15) is 13.0 Å². The van der Waals surface area contributed by atoms with Gasteiger partial charge in [0.05, 0.1) is 22.4 Å². The van der Waals surface area contributed by atoms with Crippen molar-refractivity contribution in [3.8, 4) is 10.4 Å². The molecule has 0 aliphatic rings. The molecule has 0 saturated heterocycles. The van der Waals surface area contributed by atoms with Crippen LogP contribution in [0.3, 0.4) is 0 Å². The Bertz CT molecular complexity index is 1220. The normalized spacial score (nSPS) is 12.1. The fourth-order valence-corrected chi connectivity index (χ4v) is 4.06. The highest BCUT2D eigenvalue weighted by Gasteiger charge is 2.19. The maximum Gasteiger partial charge on any atom is 0.262 e. The van der Waals surface area contributed by atoms with Crippen molar-refractivity contribution in [1.29, 1.82) is 0 Å². The number of thiophene rings is 1. The Morgan fingerprint density at radius 1 is 1.14 bits per heavy atom. The van der Waals surface area contributed by atoms with E-state index in [1.807, 2.05) is 36.4 Å². The summed E-state index contributed by atoms with van der Waals surface area (Å²) in [5.74, 6) is -0.338. The number of amides is 1. The number of benzene rings is 2. The van der Waals surface area contributed by atoms with Gasteiger partial charge < -0.3 is 5.32 Å². The van der Waals surface area contributed by atoms with Gasteiger partial charge in [0, 0.05) is 4.88 Å². The van der Waals surface area contributed by atoms with E-state index in [1.54, 1.807) is 31.2 Å². The van der Waals surface area contributed by atoms with Gasteiger partial charge in [-0.1, -0.05) is 54.1 Å². The molecule has 0 spiro atoms. The van der Waals surface area contributed by atoms with Crippen molar-refractivity contribution in [3.63, 3.8) is 0 Å². The summed E-state index contributed by atoms with van der Waals surface area (Å²) in [6.07, 6.45) is 1.42. The van der Waals surface area contributed by atoms with Crippen molar-refractivity contribution >= 4 is 44.7 Å². The van der Waals surface area contributed by atoms with Crippen molar-refractivity contribution in [2.24, 2.45) is 0 Å². The van der Waals surface area contributed by atoms with Gasteiger partial charge in [0.2, 0.25) is 5.91 Å². The third-order valence-electron chi connectivity index (χ3n) is 4.46. The lowest BCUT2D eigenvalue weighted by atomic mass is 10.2. The molecule has 0 aliphatic heterocycles. The van der Waals surface area contributed by atoms with Gasteiger partial charge >= 0.3 is 0 Å². The number of rotatable bonds is 4. The van der Waals surface area contributed by atoms with Crippen molar-refractivity contribution < 1.29 is 4.79 Å². The van der Waals surface area contributed by atoms with Crippen LogP contribution < -0.4 is 10.9 Å². The van der Waals surface area contributed by atoms with E-state index in [0.29, 0.717) is 20.9 Å². The van der Waals surface area contributed by atoms with Crippen molar-refractivity contribution in [3.05, 3.63) is 82.4 Å². The number of aromatic nitrogens is 2. The number of hydrogen-bond donors (Lipinski definition) is 1. The summed E-state index contributed by atoms with van der Waals surface area (Å²) in [5, 5.41) is 3.70. The van der Waals surface area contributed by atoms with Crippen LogP contribution in [0, 0.1) is 0 Å². The lowest BCUT2D eigenvalue weighted by molar-refractivity contribution is -0.118. The molecule has 0 aliphatic carbocycles. The summed E-state index contributed by atoms with van der Waals surface area (Å²) >= 11 is 7.55. The number of hydrogen-bond acceptors (Lipinski definition) is 4. The van der Waals surface area contributed by atoms with Crippen molar-refractivity contribution in [2.45, 2.75) is 13.0 Å². The standard InChI is InChI=1S/C21H16ClN3O2S/c1-13(19(26)24-17-10-6-5-9-16(17)22)25-12-23-20-15(21(25)27)11-18(28-20)14-7-3-2-4-8-14/h2-13H,1H3,(H,24,26)/t13-/m1/s1. The van der Waals surface area contributed by atoms with Crippen LogP contribution in [-0.4, -0.2) is 15.5 Å². The second-order valence-corrected chi connectivity index (χ2v) is 7.74. The Hall–Kier alpha value is -2.96. The first-order chi connectivity index (χ1) is 13.5. The second-order valence-electron chi connectivity index (χ2n) is 6.30. The van der Waals surface area contributed by atoms with Gasteiger partial charge in [0.1, 0.15) is 10.9 Å². The molecule has 7 heteroatoms. The van der Waals surface area contributed by atoms with Crippen LogP contribution in [0.5, 0.6) is 0 Å². The topological polar surface area (TPSA) is 64.0 Å². The molecule has 2 aromatic carbocycles. The highest BCUT2D eigenvalue weighted by Crippen LogP contribution is 2.30. The van der Waals surface area contributed by atoms with E-state index < -0.39 is 6.04 Å². The Balaban J connectivity index is 1.67. The minimum absolute atomic E-state index is 0.245. The molecule has 28 heavy (non-hydrogen) atoms. The maximum atomic E-state index is 13.0. The van der Waals surface area contributed by atoms with E-state index in [-0.39, 0.29) is 11.5 Å². The highest BCUT2D eigenvalue weighted by molar-refractivity contribution is 7.21. The van der Waals surface area contributed by atoms with E-state index >= 15 is 0 Å². The Morgan fingerprint density at radius 2 is 1.86 bits per heavy atom. The molecule has 2 aromatic heterocycles. The molecule has 0 bridgehead atoms. The molecular formula is C21H16ClN3O2S. The molecule has 4 rings (SSSR count). The quantitative estimate of drug-likeness (QED) is 0.517. The number of carbonyl (C=O) groups is 1. The number of nitrogens with one attached hydrogen (secondary N) is 1. The summed E-state index contributed by atoms with van der Waals surface area (Å²) in [5.41, 5.74) is 1.29. The van der Waals surface area contributed by atoms with Gasteiger partial charge in [-0.05, 0) is 30.7 Å². The molecule has 0 radical (unpaired) electrons. The zero-order valence-corrected chi connectivity index (χ0v) is 16.5. The summed E-state index contributed by atoms with van der Waals surface area (Å²) < 4.78 is 1.34. The highest BCUT2D eigenvalue weighted by atomic mass is 35.5. The molecular weight excluding hydrogens is 394 g/mol. The minimum atomic E-state index is -0.735. The molecule has 2 heterocycles. The summed E-state index contributed by atoms with van der Waals surface area (Å²) in [7, 11) is 0. The van der Waals surface area contributed by atoms with Crippen LogP contribution in [0.2, 0.25) is 5.02 Å². The predicted octanol–water partition coefficient (Wildman–Crippen LogP) is 4.98. The van der Waals surface area contributed by atoms with Gasteiger partial charge in [0.15, 0.2) is 0 Å². The SMILES string of the molecule is C[C@H](C(=O)Nc1ccccc1Cl)n1cnc2sc(-c3ccccc3)cc2c1=O. The number of fused-ring (bicyclic) bond motifs is 1. The second kappa shape index (κ2) is 7.58. The van der Waals surface area contributed by atoms with E-state index in [4.69, 9.17) is 11.6 Å². The number of carbonyl (C=O) groups excluding carboxylic acids is 1. The molecule has 1 N–H and O–H groups in total. The number of para-hydroxylation sites is 1. The van der Waals surface area contributed by atoms with Crippen LogP contribution in [0.25, 0.3) is 20.7 Å². The lowest BCUT2D eigenvalue weighted by Crippen LogP contribution is -2.31. The average Bonchev–Trinajstić information content (AvgIpc) is 3.15. The number of anilines is 1. The molecule has 5 nitrogen and oxygen atoms in total. The first-order valence-corrected chi connectivity index (χ1v) is 9.85. The van der Waals surface area contributed by atoms with Crippen LogP contribution in [0.4, 0.5) is 5.69 Å². The lowest BCUT2D eigenvalue weighted by Gasteiger charge is -2.15. The summed E-state index contributed by atoms with van der Waals surface area (Å²) in [4.78, 5) is 31.6. The molecule has 1 amide bonds. The zero-order valence-electron chi connectivity index (χ0n) is 14.9. The van der Waals surface area contributed by atoms with Crippen molar-refractivity contribution in [2.75, 3.05) is 5.32 Å². The molecule has 1 atom stereocenters. The van der Waals surface area contributed by atoms with E-state index in [1.165, 1.54) is 22.2 Å². The maximum absolute atomic E-state index is 13.0. The van der Waals surface area contributed by atoms with Gasteiger partial charge in [-0.2, -0.15) is 0 Å². The van der Waals surface area contributed by atoms with E-state index in [9.17, 15) is 9.59 Å². The average molecular weight is 410 g/mol.